The summed E-state index contributed by atoms with van der Waals surface area (Å²) >= 11 is 6.40. The molecule has 0 saturated carbocycles. The summed E-state index contributed by atoms with van der Waals surface area (Å²) in [5, 5.41) is 7.29. The van der Waals surface area contributed by atoms with E-state index in [2.05, 4.69) is 25.4 Å². The van der Waals surface area contributed by atoms with Crippen molar-refractivity contribution >= 4 is 34.4 Å². The van der Waals surface area contributed by atoms with Gasteiger partial charge in [-0.05, 0) is 12.1 Å². The summed E-state index contributed by atoms with van der Waals surface area (Å²) in [6.07, 6.45) is -1.38. The van der Waals surface area contributed by atoms with Gasteiger partial charge in [-0.1, -0.05) is 35.9 Å². The van der Waals surface area contributed by atoms with Crippen molar-refractivity contribution in [2.24, 2.45) is 7.05 Å². The smallest absolute Gasteiger partial charge is 0.294 e. The number of aromatic nitrogens is 5. The van der Waals surface area contributed by atoms with Crippen molar-refractivity contribution in [3.63, 3.8) is 0 Å². The second-order valence-corrected chi connectivity index (χ2v) is 6.33. The SMILES string of the molecule is Cn1ncnc1C(=O)Nc1ccc2c(Cl)c(-c3ccccc3C(F)F)[nH]c2n1. The Bertz CT molecular complexity index is 1190. The highest BCUT2D eigenvalue weighted by atomic mass is 35.5. The molecule has 0 aliphatic carbocycles. The first-order valence-electron chi connectivity index (χ1n) is 8.16. The van der Waals surface area contributed by atoms with Gasteiger partial charge in [0.1, 0.15) is 17.8 Å². The summed E-state index contributed by atoms with van der Waals surface area (Å²) in [6, 6.07) is 9.33. The van der Waals surface area contributed by atoms with Gasteiger partial charge in [0, 0.05) is 23.6 Å². The Morgan fingerprint density at radius 2 is 2.04 bits per heavy atom. The maximum Gasteiger partial charge on any atom is 0.294 e. The zero-order chi connectivity index (χ0) is 19.8. The molecule has 2 N–H and O–H groups in total. The lowest BCUT2D eigenvalue weighted by atomic mass is 10.0. The van der Waals surface area contributed by atoms with E-state index in [0.29, 0.717) is 22.3 Å². The molecule has 142 valence electrons. The van der Waals surface area contributed by atoms with Crippen LogP contribution in [0, 0.1) is 0 Å². The number of rotatable bonds is 4. The molecule has 1 amide bonds. The van der Waals surface area contributed by atoms with Gasteiger partial charge >= 0.3 is 0 Å². The first-order valence-corrected chi connectivity index (χ1v) is 8.54. The van der Waals surface area contributed by atoms with Gasteiger partial charge < -0.3 is 10.3 Å². The number of hydrogen-bond acceptors (Lipinski definition) is 4. The Balaban J connectivity index is 1.72. The van der Waals surface area contributed by atoms with Gasteiger partial charge in [0.2, 0.25) is 5.82 Å². The molecule has 3 heterocycles. The lowest BCUT2D eigenvalue weighted by Gasteiger charge is -2.07. The summed E-state index contributed by atoms with van der Waals surface area (Å²) in [5.74, 6) is -0.0992. The van der Waals surface area contributed by atoms with Crippen LogP contribution in [-0.2, 0) is 7.05 Å². The lowest BCUT2D eigenvalue weighted by molar-refractivity contribution is 0.101. The summed E-state index contributed by atoms with van der Waals surface area (Å²) < 4.78 is 28.0. The number of aromatic amines is 1. The van der Waals surface area contributed by atoms with Gasteiger partial charge in [0.25, 0.3) is 12.3 Å². The van der Waals surface area contributed by atoms with E-state index < -0.39 is 12.3 Å². The van der Waals surface area contributed by atoms with Crippen molar-refractivity contribution in [1.29, 1.82) is 0 Å². The zero-order valence-electron chi connectivity index (χ0n) is 14.4. The molecule has 0 fully saturated rings. The largest absolute Gasteiger partial charge is 0.338 e. The second kappa shape index (κ2) is 7.01. The molecule has 3 aromatic heterocycles. The molecule has 0 atom stereocenters. The third-order valence-corrected chi connectivity index (χ3v) is 4.61. The summed E-state index contributed by atoms with van der Waals surface area (Å²) in [5.41, 5.74) is 0.869. The Morgan fingerprint density at radius 3 is 2.75 bits per heavy atom. The highest BCUT2D eigenvalue weighted by molar-refractivity contribution is 6.38. The van der Waals surface area contributed by atoms with E-state index in [1.807, 2.05) is 0 Å². The Morgan fingerprint density at radius 1 is 1.25 bits per heavy atom. The minimum atomic E-state index is -2.65. The molecule has 10 heteroatoms. The number of halogens is 3. The fraction of sp³-hybridized carbons (Fsp3) is 0.111. The third kappa shape index (κ3) is 3.09. The number of amides is 1. The fourth-order valence-corrected chi connectivity index (χ4v) is 3.19. The van der Waals surface area contributed by atoms with Crippen LogP contribution >= 0.6 is 11.6 Å². The van der Waals surface area contributed by atoms with Crippen molar-refractivity contribution in [3.8, 4) is 11.3 Å². The minimum Gasteiger partial charge on any atom is -0.338 e. The second-order valence-electron chi connectivity index (χ2n) is 5.96. The Kier molecular flexibility index (Phi) is 4.52. The van der Waals surface area contributed by atoms with Crippen LogP contribution in [0.2, 0.25) is 5.02 Å². The van der Waals surface area contributed by atoms with Gasteiger partial charge in [0.05, 0.1) is 10.7 Å². The van der Waals surface area contributed by atoms with E-state index in [1.165, 1.54) is 17.1 Å². The number of anilines is 1. The average Bonchev–Trinajstić information content (AvgIpc) is 3.25. The average molecular weight is 403 g/mol. The van der Waals surface area contributed by atoms with Crippen molar-refractivity contribution in [2.45, 2.75) is 6.43 Å². The predicted molar refractivity (Wildman–Crippen MR) is 100 cm³/mol. The van der Waals surface area contributed by atoms with Crippen LogP contribution in [0.15, 0.2) is 42.7 Å². The minimum absolute atomic E-state index is 0.123. The number of benzene rings is 1. The number of pyridine rings is 1. The van der Waals surface area contributed by atoms with Crippen molar-refractivity contribution in [2.75, 3.05) is 5.32 Å². The number of carbonyl (C=O) groups excluding carboxylic acids is 1. The van der Waals surface area contributed by atoms with Gasteiger partial charge in [-0.25, -0.2) is 23.4 Å². The summed E-state index contributed by atoms with van der Waals surface area (Å²) in [4.78, 5) is 23.4. The molecular formula is C18H13ClF2N6O. The van der Waals surface area contributed by atoms with Crippen LogP contribution in [0.1, 0.15) is 22.6 Å². The summed E-state index contributed by atoms with van der Waals surface area (Å²) in [7, 11) is 1.59. The lowest BCUT2D eigenvalue weighted by Crippen LogP contribution is -2.18. The molecule has 0 aliphatic rings. The van der Waals surface area contributed by atoms with E-state index in [9.17, 15) is 13.6 Å². The van der Waals surface area contributed by atoms with Crippen LogP contribution in [0.4, 0.5) is 14.6 Å². The quantitative estimate of drug-likeness (QED) is 0.535. The van der Waals surface area contributed by atoms with E-state index in [1.54, 1.807) is 37.4 Å². The molecule has 0 radical (unpaired) electrons. The predicted octanol–water partition coefficient (Wildman–Crippen LogP) is 4.20. The molecule has 0 saturated heterocycles. The number of hydrogen-bond donors (Lipinski definition) is 2. The Hall–Kier alpha value is -3.33. The molecular weight excluding hydrogens is 390 g/mol. The normalized spacial score (nSPS) is 11.3. The van der Waals surface area contributed by atoms with Crippen molar-refractivity contribution < 1.29 is 13.6 Å². The molecule has 0 unspecified atom stereocenters. The number of alkyl halides is 2. The maximum atomic E-state index is 13.3. The number of nitrogens with zero attached hydrogens (tertiary/aromatic N) is 4. The zero-order valence-corrected chi connectivity index (χ0v) is 15.2. The molecule has 0 bridgehead atoms. The van der Waals surface area contributed by atoms with Gasteiger partial charge in [0.15, 0.2) is 0 Å². The van der Waals surface area contributed by atoms with Crippen LogP contribution in [-0.4, -0.2) is 30.6 Å². The molecule has 0 aliphatic heterocycles. The number of H-pyrrole nitrogens is 1. The fourth-order valence-electron chi connectivity index (χ4n) is 2.88. The van der Waals surface area contributed by atoms with Crippen LogP contribution < -0.4 is 5.32 Å². The van der Waals surface area contributed by atoms with E-state index in [0.717, 1.165) is 0 Å². The van der Waals surface area contributed by atoms with Crippen molar-refractivity contribution in [3.05, 3.63) is 59.1 Å². The molecule has 4 aromatic rings. The standard InChI is InChI=1S/C18H13ClF2N6O/c1-27-17(22-8-23-27)18(28)25-12-7-6-11-13(19)14(26-16(11)24-12)9-4-2-3-5-10(9)15(20)21/h2-8,15H,1H3,(H2,24,25,26,28). The van der Waals surface area contributed by atoms with Crippen LogP contribution in [0.3, 0.4) is 0 Å². The van der Waals surface area contributed by atoms with Crippen LogP contribution in [0.25, 0.3) is 22.3 Å². The van der Waals surface area contributed by atoms with E-state index in [-0.39, 0.29) is 22.2 Å². The maximum absolute atomic E-state index is 13.3. The number of carbonyl (C=O) groups is 1. The molecule has 1 aromatic carbocycles. The van der Waals surface area contributed by atoms with Gasteiger partial charge in [-0.15, -0.1) is 0 Å². The highest BCUT2D eigenvalue weighted by Gasteiger charge is 2.20. The number of nitrogens with one attached hydrogen (secondary N) is 2. The first-order chi connectivity index (χ1) is 13.5. The topological polar surface area (TPSA) is 88.5 Å². The van der Waals surface area contributed by atoms with Gasteiger partial charge in [-0.2, -0.15) is 5.10 Å². The summed E-state index contributed by atoms with van der Waals surface area (Å²) in [6.45, 7) is 0. The first kappa shape index (κ1) is 18.1. The monoisotopic (exact) mass is 402 g/mol. The van der Waals surface area contributed by atoms with Crippen LogP contribution in [0.5, 0.6) is 0 Å². The molecule has 28 heavy (non-hydrogen) atoms. The molecule has 7 nitrogen and oxygen atoms in total. The number of fused-ring (bicyclic) bond motifs is 1. The van der Waals surface area contributed by atoms with E-state index in [4.69, 9.17) is 11.6 Å². The Labute approximate surface area is 162 Å². The third-order valence-electron chi connectivity index (χ3n) is 4.22. The van der Waals surface area contributed by atoms with Gasteiger partial charge in [-0.3, -0.25) is 4.79 Å². The highest BCUT2D eigenvalue weighted by Crippen LogP contribution is 2.38. The molecule has 4 rings (SSSR count). The number of aryl methyl sites for hydroxylation is 1. The van der Waals surface area contributed by atoms with E-state index >= 15 is 0 Å². The van der Waals surface area contributed by atoms with Crippen molar-refractivity contribution in [1.82, 2.24) is 24.7 Å². The molecule has 0 spiro atoms.